The molecule has 2 aliphatic carbocycles. The van der Waals surface area contributed by atoms with Gasteiger partial charge in [-0.2, -0.15) is 0 Å². The van der Waals surface area contributed by atoms with Crippen LogP contribution < -0.4 is 9.88 Å². The third-order valence-electron chi connectivity index (χ3n) is 8.09. The molecule has 0 amide bonds. The lowest BCUT2D eigenvalue weighted by Crippen LogP contribution is -2.25. The van der Waals surface area contributed by atoms with Crippen LogP contribution in [0.1, 0.15) is 82.0 Å². The summed E-state index contributed by atoms with van der Waals surface area (Å²) in [5.41, 5.74) is 3.45. The summed E-state index contributed by atoms with van der Waals surface area (Å²) in [4.78, 5) is 0.188. The van der Waals surface area contributed by atoms with Crippen LogP contribution in [0.5, 0.6) is 5.75 Å². The van der Waals surface area contributed by atoms with Crippen LogP contribution in [-0.2, 0) is 27.6 Å². The van der Waals surface area contributed by atoms with E-state index in [0.29, 0.717) is 18.2 Å². The fraction of sp³-hybridized carbons (Fsp3) is 0.615. The van der Waals surface area contributed by atoms with Crippen molar-refractivity contribution in [1.29, 1.82) is 0 Å². The first-order valence-electron chi connectivity index (χ1n) is 12.3. The summed E-state index contributed by atoms with van der Waals surface area (Å²) in [6, 6.07) is 5.89. The Bertz CT molecular complexity index is 1160. The van der Waals surface area contributed by atoms with Gasteiger partial charge in [-0.1, -0.05) is 19.3 Å². The average Bonchev–Trinajstić information content (AvgIpc) is 3.44. The molecule has 2 saturated carbocycles. The Morgan fingerprint density at radius 1 is 1.15 bits per heavy atom. The largest absolute Gasteiger partial charge is 0.493 e. The van der Waals surface area contributed by atoms with Crippen LogP contribution >= 0.6 is 0 Å². The van der Waals surface area contributed by atoms with Gasteiger partial charge in [0.15, 0.2) is 0 Å². The zero-order chi connectivity index (χ0) is 23.6. The summed E-state index contributed by atoms with van der Waals surface area (Å²) in [5.74, 6) is 1.34. The van der Waals surface area contributed by atoms with Gasteiger partial charge in [-0.3, -0.25) is 0 Å². The molecule has 0 radical (unpaired) electrons. The Kier molecular flexibility index (Phi) is 5.46. The van der Waals surface area contributed by atoms with Crippen LogP contribution in [0.4, 0.5) is 0 Å². The third kappa shape index (κ3) is 4.13. The van der Waals surface area contributed by atoms with E-state index in [4.69, 9.17) is 9.88 Å². The van der Waals surface area contributed by atoms with Crippen molar-refractivity contribution in [3.05, 3.63) is 35.0 Å². The molecular weight excluding hydrogens is 436 g/mol. The number of aliphatic hydroxyl groups is 1. The highest BCUT2D eigenvalue weighted by Gasteiger charge is 2.49. The van der Waals surface area contributed by atoms with Crippen molar-refractivity contribution in [3.8, 4) is 17.0 Å². The maximum atomic E-state index is 12.4. The standard InChI is InChI=1S/C26H36N2O4S/c1-17-23(33(27,30)31)15-22(28(17)16-18-7-5-4-6-8-18)19-13-20(25(2,3)29)24-21(14-19)26(9-10-26)11-12-32-24/h13-15,18,29H,4-12,16H2,1-3H3,(H2,27,30,31). The molecule has 2 fully saturated rings. The molecule has 0 atom stereocenters. The van der Waals surface area contributed by atoms with E-state index in [0.717, 1.165) is 66.8 Å². The zero-order valence-corrected chi connectivity index (χ0v) is 20.8. The van der Waals surface area contributed by atoms with Gasteiger partial charge < -0.3 is 14.4 Å². The van der Waals surface area contributed by atoms with Crippen molar-refractivity contribution in [3.63, 3.8) is 0 Å². The summed E-state index contributed by atoms with van der Waals surface area (Å²) in [7, 11) is -3.85. The predicted octanol–water partition coefficient (Wildman–Crippen LogP) is 4.73. The second-order valence-corrected chi connectivity index (χ2v) is 12.5. The van der Waals surface area contributed by atoms with Gasteiger partial charge in [-0.15, -0.1) is 0 Å². The first-order valence-corrected chi connectivity index (χ1v) is 13.8. The minimum Gasteiger partial charge on any atom is -0.493 e. The van der Waals surface area contributed by atoms with Gasteiger partial charge in [0.2, 0.25) is 10.0 Å². The molecule has 3 N–H and O–H groups in total. The summed E-state index contributed by atoms with van der Waals surface area (Å²) in [6.07, 6.45) is 9.30. The Labute approximate surface area is 197 Å². The molecule has 5 rings (SSSR count). The highest BCUT2D eigenvalue weighted by Crippen LogP contribution is 2.58. The molecule has 1 spiro atoms. The van der Waals surface area contributed by atoms with Gasteiger partial charge in [0, 0.05) is 34.5 Å². The van der Waals surface area contributed by atoms with Crippen LogP contribution in [-0.4, -0.2) is 24.7 Å². The van der Waals surface area contributed by atoms with Crippen molar-refractivity contribution in [1.82, 2.24) is 4.57 Å². The Morgan fingerprint density at radius 3 is 2.45 bits per heavy atom. The fourth-order valence-electron chi connectivity index (χ4n) is 5.94. The number of rotatable bonds is 5. The van der Waals surface area contributed by atoms with Crippen molar-refractivity contribution in [2.75, 3.05) is 6.61 Å². The number of nitrogens with zero attached hydrogens (tertiary/aromatic N) is 1. The summed E-state index contributed by atoms with van der Waals surface area (Å²) in [5, 5.41) is 16.6. The van der Waals surface area contributed by atoms with Crippen molar-refractivity contribution in [2.45, 2.75) is 94.6 Å². The number of sulfonamides is 1. The number of aromatic nitrogens is 1. The number of fused-ring (bicyclic) bond motifs is 2. The van der Waals surface area contributed by atoms with Crippen molar-refractivity contribution < 1.29 is 18.3 Å². The van der Waals surface area contributed by atoms with Gasteiger partial charge in [-0.05, 0) is 82.6 Å². The topological polar surface area (TPSA) is 94.6 Å². The molecule has 2 aromatic rings. The number of hydrogen-bond donors (Lipinski definition) is 2. The van der Waals surface area contributed by atoms with E-state index in [1.807, 2.05) is 13.0 Å². The molecule has 1 aromatic carbocycles. The van der Waals surface area contributed by atoms with Crippen molar-refractivity contribution in [2.24, 2.45) is 11.1 Å². The number of primary sulfonamides is 1. The van der Waals surface area contributed by atoms with E-state index in [1.165, 1.54) is 19.3 Å². The number of hydrogen-bond acceptors (Lipinski definition) is 4. The van der Waals surface area contributed by atoms with Crippen LogP contribution in [0.3, 0.4) is 0 Å². The summed E-state index contributed by atoms with van der Waals surface area (Å²) in [6.45, 7) is 6.88. The Morgan fingerprint density at radius 2 is 1.85 bits per heavy atom. The highest BCUT2D eigenvalue weighted by molar-refractivity contribution is 7.89. The molecule has 7 heteroatoms. The lowest BCUT2D eigenvalue weighted by molar-refractivity contribution is 0.0733. The smallest absolute Gasteiger partial charge is 0.239 e. The van der Waals surface area contributed by atoms with Crippen molar-refractivity contribution >= 4 is 10.0 Å². The summed E-state index contributed by atoms with van der Waals surface area (Å²) < 4.78 is 33.1. The number of nitrogens with two attached hydrogens (primary N) is 1. The quantitative estimate of drug-likeness (QED) is 0.658. The van der Waals surface area contributed by atoms with Crippen LogP contribution in [0.2, 0.25) is 0 Å². The van der Waals surface area contributed by atoms with Gasteiger partial charge in [-0.25, -0.2) is 13.6 Å². The fourth-order valence-corrected chi connectivity index (χ4v) is 6.74. The molecule has 1 aliphatic heterocycles. The molecule has 2 heterocycles. The first-order chi connectivity index (χ1) is 15.5. The minimum atomic E-state index is -3.85. The normalized spacial score (nSPS) is 20.5. The Balaban J connectivity index is 1.70. The van der Waals surface area contributed by atoms with E-state index < -0.39 is 15.6 Å². The highest BCUT2D eigenvalue weighted by atomic mass is 32.2. The van der Waals surface area contributed by atoms with E-state index >= 15 is 0 Å². The number of ether oxygens (including phenoxy) is 1. The van der Waals surface area contributed by atoms with E-state index in [-0.39, 0.29) is 10.3 Å². The van der Waals surface area contributed by atoms with E-state index in [2.05, 4.69) is 10.6 Å². The predicted molar refractivity (Wildman–Crippen MR) is 129 cm³/mol. The zero-order valence-electron chi connectivity index (χ0n) is 20.0. The van der Waals surface area contributed by atoms with Gasteiger partial charge in [0.25, 0.3) is 0 Å². The summed E-state index contributed by atoms with van der Waals surface area (Å²) >= 11 is 0. The van der Waals surface area contributed by atoms with Gasteiger partial charge in [0.1, 0.15) is 10.6 Å². The SMILES string of the molecule is Cc1c(S(N)(=O)=O)cc(-c2cc(C(C)(C)O)c3c(c2)C2(CCO3)CC2)n1CC1CCCCC1. The van der Waals surface area contributed by atoms with Gasteiger partial charge >= 0.3 is 0 Å². The second-order valence-electron chi connectivity index (χ2n) is 11.0. The lowest BCUT2D eigenvalue weighted by Gasteiger charge is -2.32. The molecule has 1 aromatic heterocycles. The molecule has 180 valence electrons. The molecule has 0 unspecified atom stereocenters. The van der Waals surface area contributed by atoms with Crippen LogP contribution in [0.25, 0.3) is 11.3 Å². The molecule has 0 bridgehead atoms. The molecule has 0 saturated heterocycles. The molecular formula is C26H36N2O4S. The van der Waals surface area contributed by atoms with Crippen LogP contribution in [0, 0.1) is 12.8 Å². The minimum absolute atomic E-state index is 0.127. The molecule has 33 heavy (non-hydrogen) atoms. The van der Waals surface area contributed by atoms with E-state index in [1.54, 1.807) is 19.9 Å². The van der Waals surface area contributed by atoms with Crippen LogP contribution in [0.15, 0.2) is 23.1 Å². The molecule has 3 aliphatic rings. The second kappa shape index (κ2) is 7.85. The number of benzene rings is 1. The van der Waals surface area contributed by atoms with Gasteiger partial charge in [0.05, 0.1) is 12.2 Å². The average molecular weight is 473 g/mol. The van der Waals surface area contributed by atoms with E-state index in [9.17, 15) is 13.5 Å². The molecule has 6 nitrogen and oxygen atoms in total. The lowest BCUT2D eigenvalue weighted by atomic mass is 9.83. The Hall–Kier alpha value is -1.83. The third-order valence-corrected chi connectivity index (χ3v) is 9.11. The maximum absolute atomic E-state index is 12.4. The maximum Gasteiger partial charge on any atom is 0.239 e. The first kappa shape index (κ1) is 22.9. The monoisotopic (exact) mass is 472 g/mol.